The molecule has 3 heterocycles. The third kappa shape index (κ3) is 3.30. The summed E-state index contributed by atoms with van der Waals surface area (Å²) < 4.78 is 5.33. The molecule has 0 spiro atoms. The SMILES string of the molecule is Clc1nccc2cc(CNCCN3CCOCC3)[nH]c12. The molecule has 1 aliphatic rings. The molecule has 0 amide bonds. The van der Waals surface area contributed by atoms with Crippen molar-refractivity contribution in [2.75, 3.05) is 39.4 Å². The molecule has 0 unspecified atom stereocenters. The zero-order chi connectivity index (χ0) is 13.8. The van der Waals surface area contributed by atoms with Gasteiger partial charge in [-0.15, -0.1) is 0 Å². The molecule has 2 aromatic rings. The molecule has 108 valence electrons. The van der Waals surface area contributed by atoms with Crippen LogP contribution >= 0.6 is 11.6 Å². The van der Waals surface area contributed by atoms with Gasteiger partial charge < -0.3 is 15.0 Å². The van der Waals surface area contributed by atoms with Crippen molar-refractivity contribution in [3.8, 4) is 0 Å². The van der Waals surface area contributed by atoms with Gasteiger partial charge in [-0.05, 0) is 12.1 Å². The number of fused-ring (bicyclic) bond motifs is 1. The monoisotopic (exact) mass is 294 g/mol. The summed E-state index contributed by atoms with van der Waals surface area (Å²) in [5.74, 6) is 0. The Labute approximate surface area is 123 Å². The van der Waals surface area contributed by atoms with Gasteiger partial charge in [0.25, 0.3) is 0 Å². The summed E-state index contributed by atoms with van der Waals surface area (Å²) in [6.45, 7) is 6.63. The van der Waals surface area contributed by atoms with E-state index in [1.165, 1.54) is 0 Å². The topological polar surface area (TPSA) is 53.2 Å². The molecule has 0 bridgehead atoms. The van der Waals surface area contributed by atoms with Crippen molar-refractivity contribution in [1.82, 2.24) is 20.2 Å². The van der Waals surface area contributed by atoms with E-state index < -0.39 is 0 Å². The first kappa shape index (κ1) is 13.8. The van der Waals surface area contributed by atoms with Crippen LogP contribution in [0.25, 0.3) is 10.9 Å². The average Bonchev–Trinajstić information content (AvgIpc) is 2.89. The summed E-state index contributed by atoms with van der Waals surface area (Å²) in [5, 5.41) is 5.09. The Morgan fingerprint density at radius 3 is 3.05 bits per heavy atom. The largest absolute Gasteiger partial charge is 0.379 e. The van der Waals surface area contributed by atoms with Crippen LogP contribution in [0.1, 0.15) is 5.69 Å². The first-order valence-corrected chi connectivity index (χ1v) is 7.33. The number of hydrogen-bond acceptors (Lipinski definition) is 4. The minimum Gasteiger partial charge on any atom is -0.379 e. The Bertz CT molecular complexity index is 565. The Balaban J connectivity index is 1.48. The van der Waals surface area contributed by atoms with E-state index in [1.807, 2.05) is 6.07 Å². The van der Waals surface area contributed by atoms with Crippen LogP contribution in [-0.4, -0.2) is 54.3 Å². The molecule has 0 radical (unpaired) electrons. The molecule has 1 aliphatic heterocycles. The second-order valence-electron chi connectivity index (χ2n) is 4.99. The highest BCUT2D eigenvalue weighted by Gasteiger charge is 2.09. The van der Waals surface area contributed by atoms with Crippen molar-refractivity contribution < 1.29 is 4.74 Å². The van der Waals surface area contributed by atoms with Crippen LogP contribution in [0.2, 0.25) is 5.15 Å². The maximum Gasteiger partial charge on any atom is 0.153 e. The number of pyridine rings is 1. The number of rotatable bonds is 5. The summed E-state index contributed by atoms with van der Waals surface area (Å²) in [6, 6.07) is 4.08. The third-order valence-corrected chi connectivity index (χ3v) is 3.86. The van der Waals surface area contributed by atoms with E-state index in [-0.39, 0.29) is 0 Å². The number of H-pyrrole nitrogens is 1. The number of nitrogens with zero attached hydrogens (tertiary/aromatic N) is 2. The number of nitrogens with one attached hydrogen (secondary N) is 2. The van der Waals surface area contributed by atoms with Gasteiger partial charge in [-0.25, -0.2) is 4.98 Å². The normalized spacial score (nSPS) is 16.9. The lowest BCUT2D eigenvalue weighted by atomic mass is 10.3. The van der Waals surface area contributed by atoms with Gasteiger partial charge in [0, 0.05) is 50.0 Å². The first-order valence-electron chi connectivity index (χ1n) is 6.96. The summed E-state index contributed by atoms with van der Waals surface area (Å²) in [6.07, 6.45) is 1.73. The summed E-state index contributed by atoms with van der Waals surface area (Å²) >= 11 is 6.05. The van der Waals surface area contributed by atoms with Crippen LogP contribution < -0.4 is 5.32 Å². The molecule has 0 saturated carbocycles. The van der Waals surface area contributed by atoms with E-state index >= 15 is 0 Å². The van der Waals surface area contributed by atoms with Gasteiger partial charge in [0.1, 0.15) is 0 Å². The minimum absolute atomic E-state index is 0.530. The predicted octanol–water partition coefficient (Wildman–Crippen LogP) is 1.64. The van der Waals surface area contributed by atoms with E-state index in [4.69, 9.17) is 16.3 Å². The molecule has 0 aliphatic carbocycles. The van der Waals surface area contributed by atoms with Crippen LogP contribution in [0.5, 0.6) is 0 Å². The Hall–Kier alpha value is -1.14. The van der Waals surface area contributed by atoms with Gasteiger partial charge in [-0.3, -0.25) is 4.90 Å². The Morgan fingerprint density at radius 1 is 1.40 bits per heavy atom. The van der Waals surface area contributed by atoms with Crippen LogP contribution in [0, 0.1) is 0 Å². The molecule has 2 N–H and O–H groups in total. The van der Waals surface area contributed by atoms with E-state index in [0.717, 1.165) is 62.5 Å². The summed E-state index contributed by atoms with van der Waals surface area (Å²) in [7, 11) is 0. The number of halogens is 1. The molecule has 3 rings (SSSR count). The summed E-state index contributed by atoms with van der Waals surface area (Å²) in [4.78, 5) is 9.80. The van der Waals surface area contributed by atoms with E-state index in [9.17, 15) is 0 Å². The highest BCUT2D eigenvalue weighted by atomic mass is 35.5. The second kappa shape index (κ2) is 6.54. The average molecular weight is 295 g/mol. The van der Waals surface area contributed by atoms with Crippen LogP contribution in [0.15, 0.2) is 18.3 Å². The van der Waals surface area contributed by atoms with Gasteiger partial charge in [0.15, 0.2) is 5.15 Å². The quantitative estimate of drug-likeness (QED) is 0.650. The van der Waals surface area contributed by atoms with Gasteiger partial charge in [0.2, 0.25) is 0 Å². The number of ether oxygens (including phenoxy) is 1. The highest BCUT2D eigenvalue weighted by Crippen LogP contribution is 2.20. The molecule has 2 aromatic heterocycles. The second-order valence-corrected chi connectivity index (χ2v) is 5.35. The molecule has 0 aromatic carbocycles. The Kier molecular flexibility index (Phi) is 4.52. The molecule has 5 nitrogen and oxygen atoms in total. The lowest BCUT2D eigenvalue weighted by Crippen LogP contribution is -2.40. The molecular formula is C14H19ClN4O. The number of aromatic nitrogens is 2. The zero-order valence-corrected chi connectivity index (χ0v) is 12.1. The molecule has 20 heavy (non-hydrogen) atoms. The zero-order valence-electron chi connectivity index (χ0n) is 11.4. The van der Waals surface area contributed by atoms with E-state index in [1.54, 1.807) is 6.20 Å². The van der Waals surface area contributed by atoms with Gasteiger partial charge >= 0.3 is 0 Å². The molecule has 1 fully saturated rings. The first-order chi connectivity index (χ1) is 9.83. The standard InChI is InChI=1S/C14H19ClN4O/c15-14-13-11(1-2-17-14)9-12(18-13)10-16-3-4-19-5-7-20-8-6-19/h1-2,9,16,18H,3-8,10H2. The van der Waals surface area contributed by atoms with Gasteiger partial charge in [0.05, 0.1) is 18.7 Å². The van der Waals surface area contributed by atoms with Crippen LogP contribution in [-0.2, 0) is 11.3 Å². The highest BCUT2D eigenvalue weighted by molar-refractivity contribution is 6.33. The fourth-order valence-corrected chi connectivity index (χ4v) is 2.67. The van der Waals surface area contributed by atoms with Crippen molar-refractivity contribution in [3.05, 3.63) is 29.2 Å². The lowest BCUT2D eigenvalue weighted by molar-refractivity contribution is 0.0384. The van der Waals surface area contributed by atoms with Crippen molar-refractivity contribution in [2.45, 2.75) is 6.54 Å². The van der Waals surface area contributed by atoms with Crippen molar-refractivity contribution in [3.63, 3.8) is 0 Å². The number of hydrogen-bond donors (Lipinski definition) is 2. The van der Waals surface area contributed by atoms with E-state index in [2.05, 4.69) is 26.3 Å². The molecule has 6 heteroatoms. The number of aromatic amines is 1. The lowest BCUT2D eigenvalue weighted by Gasteiger charge is -2.26. The van der Waals surface area contributed by atoms with Crippen LogP contribution in [0.3, 0.4) is 0 Å². The van der Waals surface area contributed by atoms with Crippen molar-refractivity contribution in [1.29, 1.82) is 0 Å². The molecule has 0 atom stereocenters. The third-order valence-electron chi connectivity index (χ3n) is 3.58. The maximum absolute atomic E-state index is 6.05. The minimum atomic E-state index is 0.530. The van der Waals surface area contributed by atoms with Gasteiger partial charge in [-0.1, -0.05) is 11.6 Å². The maximum atomic E-state index is 6.05. The molecule has 1 saturated heterocycles. The van der Waals surface area contributed by atoms with E-state index in [0.29, 0.717) is 5.15 Å². The smallest absolute Gasteiger partial charge is 0.153 e. The predicted molar refractivity (Wildman–Crippen MR) is 80.1 cm³/mol. The number of morpholine rings is 1. The van der Waals surface area contributed by atoms with Gasteiger partial charge in [-0.2, -0.15) is 0 Å². The Morgan fingerprint density at radius 2 is 2.25 bits per heavy atom. The van der Waals surface area contributed by atoms with Crippen molar-refractivity contribution in [2.24, 2.45) is 0 Å². The van der Waals surface area contributed by atoms with Crippen LogP contribution in [0.4, 0.5) is 0 Å². The van der Waals surface area contributed by atoms with Crippen molar-refractivity contribution >= 4 is 22.5 Å². The molecular weight excluding hydrogens is 276 g/mol. The summed E-state index contributed by atoms with van der Waals surface area (Å²) in [5.41, 5.74) is 2.05. The fourth-order valence-electron chi connectivity index (χ4n) is 2.46. The fraction of sp³-hybridized carbons (Fsp3) is 0.500.